The zero-order valence-electron chi connectivity index (χ0n) is 10.9. The number of fused-ring (bicyclic) bond motifs is 3. The van der Waals surface area contributed by atoms with Gasteiger partial charge in [0.25, 0.3) is 0 Å². The Kier molecular flexibility index (Phi) is 2.86. The predicted octanol–water partition coefficient (Wildman–Crippen LogP) is 3.64. The van der Waals surface area contributed by atoms with Crippen molar-refractivity contribution in [3.8, 4) is 11.1 Å². The Hall–Kier alpha value is -2.09. The van der Waals surface area contributed by atoms with Crippen molar-refractivity contribution in [3.63, 3.8) is 0 Å². The molecular formula is C17H16O2. The van der Waals surface area contributed by atoms with Crippen LogP contribution in [0.2, 0.25) is 0 Å². The molecule has 0 aromatic heterocycles. The molecule has 1 atom stereocenters. The van der Waals surface area contributed by atoms with Crippen molar-refractivity contribution in [2.24, 2.45) is 0 Å². The third kappa shape index (κ3) is 2.03. The molecule has 2 heteroatoms. The van der Waals surface area contributed by atoms with E-state index < -0.39 is 11.9 Å². The Balaban J connectivity index is 2.08. The minimum Gasteiger partial charge on any atom is -0.481 e. The van der Waals surface area contributed by atoms with Gasteiger partial charge in [0, 0.05) is 0 Å². The maximum absolute atomic E-state index is 11.1. The van der Waals surface area contributed by atoms with E-state index >= 15 is 0 Å². The van der Waals surface area contributed by atoms with Gasteiger partial charge in [-0.3, -0.25) is 4.79 Å². The van der Waals surface area contributed by atoms with E-state index in [0.717, 1.165) is 18.4 Å². The zero-order chi connectivity index (χ0) is 13.4. The first-order valence-electron chi connectivity index (χ1n) is 6.60. The number of hydrogen-bond donors (Lipinski definition) is 1. The van der Waals surface area contributed by atoms with Crippen molar-refractivity contribution >= 4 is 5.97 Å². The van der Waals surface area contributed by atoms with Gasteiger partial charge in [0.15, 0.2) is 0 Å². The van der Waals surface area contributed by atoms with Crippen LogP contribution in [0.3, 0.4) is 0 Å². The lowest BCUT2D eigenvalue weighted by Crippen LogP contribution is -2.10. The van der Waals surface area contributed by atoms with Crippen LogP contribution < -0.4 is 0 Å². The molecule has 2 aromatic carbocycles. The van der Waals surface area contributed by atoms with Crippen molar-refractivity contribution in [2.45, 2.75) is 25.7 Å². The summed E-state index contributed by atoms with van der Waals surface area (Å²) < 4.78 is 0. The van der Waals surface area contributed by atoms with E-state index in [1.54, 1.807) is 6.92 Å². The molecule has 2 aromatic rings. The number of carboxylic acids is 1. The molecule has 0 bridgehead atoms. The van der Waals surface area contributed by atoms with Gasteiger partial charge in [0.05, 0.1) is 5.92 Å². The van der Waals surface area contributed by atoms with Crippen molar-refractivity contribution in [2.75, 3.05) is 0 Å². The van der Waals surface area contributed by atoms with Crippen LogP contribution >= 0.6 is 0 Å². The van der Waals surface area contributed by atoms with Crippen molar-refractivity contribution in [1.82, 2.24) is 0 Å². The smallest absolute Gasteiger partial charge is 0.310 e. The summed E-state index contributed by atoms with van der Waals surface area (Å²) in [6.45, 7) is 1.74. The van der Waals surface area contributed by atoms with Crippen molar-refractivity contribution in [1.29, 1.82) is 0 Å². The highest BCUT2D eigenvalue weighted by Gasteiger charge is 2.19. The third-order valence-electron chi connectivity index (χ3n) is 3.97. The van der Waals surface area contributed by atoms with Crippen LogP contribution in [-0.4, -0.2) is 11.1 Å². The van der Waals surface area contributed by atoms with Crippen molar-refractivity contribution < 1.29 is 9.90 Å². The highest BCUT2D eigenvalue weighted by Crippen LogP contribution is 2.34. The second kappa shape index (κ2) is 4.54. The molecule has 0 fully saturated rings. The lowest BCUT2D eigenvalue weighted by molar-refractivity contribution is -0.138. The molecule has 0 aliphatic heterocycles. The molecule has 1 N–H and O–H groups in total. The van der Waals surface area contributed by atoms with Gasteiger partial charge < -0.3 is 5.11 Å². The summed E-state index contributed by atoms with van der Waals surface area (Å²) in [5.41, 5.74) is 6.09. The molecular weight excluding hydrogens is 236 g/mol. The summed E-state index contributed by atoms with van der Waals surface area (Å²) in [7, 11) is 0. The Bertz CT molecular complexity index is 643. The van der Waals surface area contributed by atoms with E-state index in [2.05, 4.69) is 36.4 Å². The van der Waals surface area contributed by atoms with Crippen LogP contribution in [0, 0.1) is 0 Å². The summed E-state index contributed by atoms with van der Waals surface area (Å²) >= 11 is 0. The molecule has 19 heavy (non-hydrogen) atoms. The number of carbonyl (C=O) groups is 1. The lowest BCUT2D eigenvalue weighted by Gasteiger charge is -2.21. The monoisotopic (exact) mass is 252 g/mol. The fourth-order valence-electron chi connectivity index (χ4n) is 2.77. The van der Waals surface area contributed by atoms with E-state index in [1.165, 1.54) is 22.3 Å². The number of aliphatic carboxylic acids is 1. The highest BCUT2D eigenvalue weighted by atomic mass is 16.4. The van der Waals surface area contributed by atoms with Gasteiger partial charge in [0.2, 0.25) is 0 Å². The number of rotatable bonds is 2. The van der Waals surface area contributed by atoms with Gasteiger partial charge in [-0.1, -0.05) is 42.5 Å². The number of hydrogen-bond acceptors (Lipinski definition) is 1. The van der Waals surface area contributed by atoms with Crippen LogP contribution in [0.25, 0.3) is 11.1 Å². The standard InChI is InChI=1S/C17H16O2/c1-11(17(18)19)13-8-9-16-14(10-13)7-6-12-4-2-3-5-15(12)16/h2-5,8-11H,6-7H2,1H3,(H,18,19). The van der Waals surface area contributed by atoms with E-state index in [4.69, 9.17) is 5.11 Å². The average Bonchev–Trinajstić information content (AvgIpc) is 2.45. The minimum atomic E-state index is -0.767. The first kappa shape index (κ1) is 12.0. The van der Waals surface area contributed by atoms with Gasteiger partial charge in [-0.25, -0.2) is 0 Å². The highest BCUT2D eigenvalue weighted by molar-refractivity contribution is 5.78. The Morgan fingerprint density at radius 3 is 2.53 bits per heavy atom. The summed E-state index contributed by atoms with van der Waals surface area (Å²) in [5, 5.41) is 9.10. The topological polar surface area (TPSA) is 37.3 Å². The quantitative estimate of drug-likeness (QED) is 0.886. The van der Waals surface area contributed by atoms with Crippen LogP contribution in [0.1, 0.15) is 29.5 Å². The van der Waals surface area contributed by atoms with E-state index in [1.807, 2.05) is 6.07 Å². The molecule has 1 unspecified atom stereocenters. The molecule has 1 aliphatic rings. The number of benzene rings is 2. The summed E-state index contributed by atoms with van der Waals surface area (Å²) in [4.78, 5) is 11.1. The maximum atomic E-state index is 11.1. The van der Waals surface area contributed by atoms with Crippen molar-refractivity contribution in [3.05, 3.63) is 59.2 Å². The average molecular weight is 252 g/mol. The SMILES string of the molecule is CC(C(=O)O)c1ccc2c(c1)CCc1ccccc1-2. The second-order valence-electron chi connectivity index (χ2n) is 5.13. The summed E-state index contributed by atoms with van der Waals surface area (Å²) in [6, 6.07) is 14.5. The zero-order valence-corrected chi connectivity index (χ0v) is 10.9. The molecule has 3 rings (SSSR count). The molecule has 96 valence electrons. The lowest BCUT2D eigenvalue weighted by atomic mass is 9.83. The molecule has 0 radical (unpaired) electrons. The van der Waals surface area contributed by atoms with Crippen LogP contribution in [0.5, 0.6) is 0 Å². The summed E-state index contributed by atoms with van der Waals surface area (Å²) in [5.74, 6) is -1.21. The first-order valence-corrected chi connectivity index (χ1v) is 6.60. The van der Waals surface area contributed by atoms with Crippen LogP contribution in [0.15, 0.2) is 42.5 Å². The molecule has 0 saturated heterocycles. The van der Waals surface area contributed by atoms with E-state index in [0.29, 0.717) is 0 Å². The van der Waals surface area contributed by atoms with Gasteiger partial charge >= 0.3 is 5.97 Å². The van der Waals surface area contributed by atoms with Gasteiger partial charge in [-0.2, -0.15) is 0 Å². The van der Waals surface area contributed by atoms with Gasteiger partial charge in [-0.15, -0.1) is 0 Å². The van der Waals surface area contributed by atoms with E-state index in [9.17, 15) is 4.79 Å². The molecule has 0 saturated carbocycles. The number of aryl methyl sites for hydroxylation is 2. The minimum absolute atomic E-state index is 0.442. The fraction of sp³-hybridized carbons (Fsp3) is 0.235. The molecule has 1 aliphatic carbocycles. The van der Waals surface area contributed by atoms with Gasteiger partial charge in [-0.05, 0) is 47.6 Å². The second-order valence-corrected chi connectivity index (χ2v) is 5.13. The Morgan fingerprint density at radius 1 is 1.05 bits per heavy atom. The molecule has 0 heterocycles. The number of carboxylic acid groups (broad SMARTS) is 1. The maximum Gasteiger partial charge on any atom is 0.310 e. The Morgan fingerprint density at radius 2 is 1.74 bits per heavy atom. The largest absolute Gasteiger partial charge is 0.481 e. The van der Waals surface area contributed by atoms with Crippen LogP contribution in [0.4, 0.5) is 0 Å². The fourth-order valence-corrected chi connectivity index (χ4v) is 2.77. The summed E-state index contributed by atoms with van der Waals surface area (Å²) in [6.07, 6.45) is 2.03. The molecule has 0 amide bonds. The Labute approximate surface area is 112 Å². The molecule has 0 spiro atoms. The van der Waals surface area contributed by atoms with Gasteiger partial charge in [0.1, 0.15) is 0 Å². The van der Waals surface area contributed by atoms with Crippen LogP contribution in [-0.2, 0) is 17.6 Å². The normalized spacial score (nSPS) is 14.4. The van der Waals surface area contributed by atoms with E-state index in [-0.39, 0.29) is 0 Å². The third-order valence-corrected chi connectivity index (χ3v) is 3.97. The first-order chi connectivity index (χ1) is 9.16. The molecule has 2 nitrogen and oxygen atoms in total. The predicted molar refractivity (Wildman–Crippen MR) is 75.3 cm³/mol.